The van der Waals surface area contributed by atoms with Crippen molar-refractivity contribution < 1.29 is 9.47 Å². The summed E-state index contributed by atoms with van der Waals surface area (Å²) >= 11 is 0. The van der Waals surface area contributed by atoms with Crippen molar-refractivity contribution in [2.75, 3.05) is 26.2 Å². The van der Waals surface area contributed by atoms with Crippen molar-refractivity contribution in [2.24, 2.45) is 0 Å². The second-order valence-electron chi connectivity index (χ2n) is 5.21. The molecule has 2 aliphatic rings. The molecule has 1 fully saturated rings. The van der Waals surface area contributed by atoms with Crippen molar-refractivity contribution in [1.29, 1.82) is 0 Å². The number of nitrogens with zero attached hydrogens (tertiary/aromatic N) is 1. The van der Waals surface area contributed by atoms with Gasteiger partial charge < -0.3 is 9.47 Å². The smallest absolute Gasteiger partial charge is 0.161 e. The average Bonchev–Trinajstić information content (AvgIpc) is 2.67. The van der Waals surface area contributed by atoms with Crippen molar-refractivity contribution >= 4 is 0 Å². The Kier molecular flexibility index (Phi) is 3.69. The molecule has 18 heavy (non-hydrogen) atoms. The molecule has 1 atom stereocenters. The minimum Gasteiger partial charge on any atom is -0.486 e. The van der Waals surface area contributed by atoms with E-state index in [4.69, 9.17) is 9.47 Å². The number of benzene rings is 1. The molecule has 2 aliphatic heterocycles. The fourth-order valence-corrected chi connectivity index (χ4v) is 2.76. The Labute approximate surface area is 109 Å². The lowest BCUT2D eigenvalue weighted by molar-refractivity contribution is 0.0596. The van der Waals surface area contributed by atoms with Crippen LogP contribution in [0.5, 0.6) is 11.5 Å². The van der Waals surface area contributed by atoms with Gasteiger partial charge in [-0.2, -0.15) is 0 Å². The van der Waals surface area contributed by atoms with Gasteiger partial charge in [0, 0.05) is 6.54 Å². The van der Waals surface area contributed by atoms with E-state index in [0.717, 1.165) is 18.0 Å². The number of para-hydroxylation sites is 2. The van der Waals surface area contributed by atoms with Crippen LogP contribution in [0.4, 0.5) is 0 Å². The maximum absolute atomic E-state index is 6.01. The van der Waals surface area contributed by atoms with Gasteiger partial charge in [-0.3, -0.25) is 4.90 Å². The fraction of sp³-hybridized carbons (Fsp3) is 0.600. The first kappa shape index (κ1) is 11.8. The van der Waals surface area contributed by atoms with E-state index in [9.17, 15) is 0 Å². The first-order chi connectivity index (χ1) is 8.92. The molecule has 0 aromatic heterocycles. The molecule has 3 nitrogen and oxygen atoms in total. The molecule has 0 radical (unpaired) electrons. The first-order valence-corrected chi connectivity index (χ1v) is 7.03. The largest absolute Gasteiger partial charge is 0.486 e. The molecule has 1 saturated heterocycles. The standard InChI is InChI=1S/C15H21NO2/c1-2-6-10-16(9-5-1)11-13-12-17-14-7-3-4-8-15(14)18-13/h3-4,7-8,13H,1-2,5-6,9-12H2. The summed E-state index contributed by atoms with van der Waals surface area (Å²) in [7, 11) is 0. The number of rotatable bonds is 2. The van der Waals surface area contributed by atoms with Crippen molar-refractivity contribution in [3.05, 3.63) is 24.3 Å². The lowest BCUT2D eigenvalue weighted by atomic mass is 10.2. The second-order valence-corrected chi connectivity index (χ2v) is 5.21. The van der Waals surface area contributed by atoms with Crippen molar-refractivity contribution in [3.8, 4) is 11.5 Å². The Morgan fingerprint density at radius 3 is 2.50 bits per heavy atom. The quantitative estimate of drug-likeness (QED) is 0.802. The highest BCUT2D eigenvalue weighted by atomic mass is 16.6. The van der Waals surface area contributed by atoms with Gasteiger partial charge in [0.15, 0.2) is 11.5 Å². The van der Waals surface area contributed by atoms with Gasteiger partial charge in [-0.25, -0.2) is 0 Å². The van der Waals surface area contributed by atoms with Gasteiger partial charge in [0.1, 0.15) is 12.7 Å². The van der Waals surface area contributed by atoms with E-state index >= 15 is 0 Å². The molecular formula is C15H21NO2. The Morgan fingerprint density at radius 1 is 1.00 bits per heavy atom. The van der Waals surface area contributed by atoms with Crippen LogP contribution in [0.3, 0.4) is 0 Å². The Hall–Kier alpha value is -1.22. The summed E-state index contributed by atoms with van der Waals surface area (Å²) in [5.74, 6) is 1.77. The number of hydrogen-bond acceptors (Lipinski definition) is 3. The molecule has 0 aliphatic carbocycles. The highest BCUT2D eigenvalue weighted by molar-refractivity contribution is 5.40. The molecule has 0 amide bonds. The van der Waals surface area contributed by atoms with Crippen LogP contribution in [-0.4, -0.2) is 37.2 Å². The van der Waals surface area contributed by atoms with Crippen LogP contribution in [-0.2, 0) is 0 Å². The van der Waals surface area contributed by atoms with E-state index < -0.39 is 0 Å². The summed E-state index contributed by atoms with van der Waals surface area (Å²) in [5, 5.41) is 0. The molecule has 1 aromatic rings. The SMILES string of the molecule is c1ccc2c(c1)OCC(CN1CCCCCC1)O2. The fourth-order valence-electron chi connectivity index (χ4n) is 2.76. The van der Waals surface area contributed by atoms with Crippen LogP contribution in [0.1, 0.15) is 25.7 Å². The molecule has 0 saturated carbocycles. The van der Waals surface area contributed by atoms with Crippen LogP contribution in [0, 0.1) is 0 Å². The summed E-state index contributed by atoms with van der Waals surface area (Å²) in [6, 6.07) is 7.94. The number of fused-ring (bicyclic) bond motifs is 1. The molecule has 1 unspecified atom stereocenters. The maximum Gasteiger partial charge on any atom is 0.161 e. The zero-order valence-electron chi connectivity index (χ0n) is 10.8. The van der Waals surface area contributed by atoms with Crippen molar-refractivity contribution in [3.63, 3.8) is 0 Å². The van der Waals surface area contributed by atoms with Gasteiger partial charge in [0.05, 0.1) is 0 Å². The maximum atomic E-state index is 6.01. The van der Waals surface area contributed by atoms with E-state index in [1.807, 2.05) is 24.3 Å². The molecule has 3 rings (SSSR count). The predicted octanol–water partition coefficient (Wildman–Crippen LogP) is 2.70. The predicted molar refractivity (Wildman–Crippen MR) is 71.3 cm³/mol. The highest BCUT2D eigenvalue weighted by Gasteiger charge is 2.23. The van der Waals surface area contributed by atoms with Gasteiger partial charge in [-0.05, 0) is 38.1 Å². The summed E-state index contributed by atoms with van der Waals surface area (Å²) in [6.45, 7) is 4.09. The molecule has 2 heterocycles. The number of ether oxygens (including phenoxy) is 2. The lowest BCUT2D eigenvalue weighted by Gasteiger charge is -2.30. The van der Waals surface area contributed by atoms with E-state index in [1.54, 1.807) is 0 Å². The monoisotopic (exact) mass is 247 g/mol. The van der Waals surface area contributed by atoms with Gasteiger partial charge in [-0.1, -0.05) is 25.0 Å². The Balaban J connectivity index is 1.58. The third kappa shape index (κ3) is 2.78. The van der Waals surface area contributed by atoms with Gasteiger partial charge in [0.25, 0.3) is 0 Å². The topological polar surface area (TPSA) is 21.7 Å². The average molecular weight is 247 g/mol. The summed E-state index contributed by atoms with van der Waals surface area (Å²) in [5.41, 5.74) is 0. The molecule has 0 N–H and O–H groups in total. The third-order valence-corrected chi connectivity index (χ3v) is 3.73. The highest BCUT2D eigenvalue weighted by Crippen LogP contribution is 2.31. The minimum absolute atomic E-state index is 0.179. The van der Waals surface area contributed by atoms with Crippen LogP contribution in [0.15, 0.2) is 24.3 Å². The molecule has 1 aromatic carbocycles. The van der Waals surface area contributed by atoms with Gasteiger partial charge >= 0.3 is 0 Å². The van der Waals surface area contributed by atoms with Crippen LogP contribution < -0.4 is 9.47 Å². The molecule has 0 spiro atoms. The summed E-state index contributed by atoms with van der Waals surface area (Å²) in [4.78, 5) is 2.52. The molecule has 98 valence electrons. The van der Waals surface area contributed by atoms with E-state index in [1.165, 1.54) is 38.8 Å². The van der Waals surface area contributed by atoms with Crippen molar-refractivity contribution in [2.45, 2.75) is 31.8 Å². The minimum atomic E-state index is 0.179. The third-order valence-electron chi connectivity index (χ3n) is 3.73. The Morgan fingerprint density at radius 2 is 1.72 bits per heavy atom. The second kappa shape index (κ2) is 5.61. The van der Waals surface area contributed by atoms with E-state index in [2.05, 4.69) is 4.90 Å². The number of hydrogen-bond donors (Lipinski definition) is 0. The first-order valence-electron chi connectivity index (χ1n) is 7.03. The van der Waals surface area contributed by atoms with E-state index in [0.29, 0.717) is 6.61 Å². The molecule has 3 heteroatoms. The summed E-state index contributed by atoms with van der Waals surface area (Å²) < 4.78 is 11.8. The zero-order chi connectivity index (χ0) is 12.2. The van der Waals surface area contributed by atoms with Crippen LogP contribution >= 0.6 is 0 Å². The molecule has 0 bridgehead atoms. The zero-order valence-corrected chi connectivity index (χ0v) is 10.8. The summed E-state index contributed by atoms with van der Waals surface area (Å²) in [6.07, 6.45) is 5.58. The lowest BCUT2D eigenvalue weighted by Crippen LogP contribution is -2.41. The van der Waals surface area contributed by atoms with Crippen molar-refractivity contribution in [1.82, 2.24) is 4.90 Å². The van der Waals surface area contributed by atoms with Gasteiger partial charge in [-0.15, -0.1) is 0 Å². The normalized spacial score (nSPS) is 24.6. The van der Waals surface area contributed by atoms with Crippen LogP contribution in [0.2, 0.25) is 0 Å². The van der Waals surface area contributed by atoms with Gasteiger partial charge in [0.2, 0.25) is 0 Å². The Bertz CT molecular complexity index is 386. The number of likely N-dealkylation sites (tertiary alicyclic amines) is 1. The van der Waals surface area contributed by atoms with E-state index in [-0.39, 0.29) is 6.10 Å². The molecular weight excluding hydrogens is 226 g/mol. The van der Waals surface area contributed by atoms with Crippen LogP contribution in [0.25, 0.3) is 0 Å².